The van der Waals surface area contributed by atoms with Crippen LogP contribution in [0.25, 0.3) is 0 Å². The van der Waals surface area contributed by atoms with Gasteiger partial charge >= 0.3 is 0 Å². The van der Waals surface area contributed by atoms with Crippen LogP contribution in [0.3, 0.4) is 0 Å². The molecule has 0 amide bonds. The van der Waals surface area contributed by atoms with Gasteiger partial charge in [0, 0.05) is 6.07 Å². The van der Waals surface area contributed by atoms with E-state index in [-0.39, 0.29) is 11.4 Å². The van der Waals surface area contributed by atoms with Crippen molar-refractivity contribution in [1.29, 1.82) is 0 Å². The molecule has 0 saturated carbocycles. The number of pyridine rings is 1. The molecule has 1 heterocycles. The van der Waals surface area contributed by atoms with E-state index in [0.717, 1.165) is 10.2 Å². The van der Waals surface area contributed by atoms with Crippen molar-refractivity contribution in [2.75, 3.05) is 11.6 Å². The molecule has 1 rings (SSSR count). The van der Waals surface area contributed by atoms with Crippen LogP contribution in [0, 0.1) is 6.92 Å². The van der Waals surface area contributed by atoms with E-state index >= 15 is 0 Å². The average Bonchev–Trinajstić information content (AvgIpc) is 1.82. The van der Waals surface area contributed by atoms with Crippen LogP contribution < -0.4 is 17.1 Å². The van der Waals surface area contributed by atoms with Crippen LogP contribution >= 0.6 is 0 Å². The fourth-order valence-corrected chi connectivity index (χ4v) is 0.736. The van der Waals surface area contributed by atoms with Crippen LogP contribution in [0.4, 0.5) is 5.82 Å². The second-order valence-corrected chi connectivity index (χ2v) is 2.17. The molecule has 54 valence electrons. The third-order valence-electron chi connectivity index (χ3n) is 1.24. The number of aryl methyl sites for hydroxylation is 1. The van der Waals surface area contributed by atoms with Gasteiger partial charge in [-0.15, -0.1) is 0 Å². The summed E-state index contributed by atoms with van der Waals surface area (Å²) < 4.78 is 0.910. The number of nitrogen functional groups attached to an aromatic ring is 2. The van der Waals surface area contributed by atoms with E-state index in [4.69, 9.17) is 11.6 Å². The molecule has 4 N–H and O–H groups in total. The Balaban J connectivity index is 3.46. The van der Waals surface area contributed by atoms with Gasteiger partial charge in [-0.3, -0.25) is 4.79 Å². The first kappa shape index (κ1) is 6.67. The average molecular weight is 139 g/mol. The molecule has 0 aromatic carbocycles. The number of anilines is 1. The van der Waals surface area contributed by atoms with E-state index in [2.05, 4.69) is 0 Å². The molecule has 0 unspecified atom stereocenters. The zero-order valence-electron chi connectivity index (χ0n) is 5.66. The van der Waals surface area contributed by atoms with Crippen molar-refractivity contribution >= 4 is 5.82 Å². The monoisotopic (exact) mass is 139 g/mol. The zero-order chi connectivity index (χ0) is 7.72. The van der Waals surface area contributed by atoms with Gasteiger partial charge in [0.15, 0.2) is 0 Å². The van der Waals surface area contributed by atoms with Gasteiger partial charge in [0.05, 0.1) is 0 Å². The van der Waals surface area contributed by atoms with Crippen molar-refractivity contribution in [3.8, 4) is 0 Å². The Hall–Kier alpha value is -1.45. The summed E-state index contributed by atoms with van der Waals surface area (Å²) in [5.41, 5.74) is 5.90. The molecule has 0 aliphatic carbocycles. The highest BCUT2D eigenvalue weighted by Crippen LogP contribution is 1.97. The first-order valence-corrected chi connectivity index (χ1v) is 2.85. The molecule has 0 spiro atoms. The van der Waals surface area contributed by atoms with Crippen molar-refractivity contribution in [1.82, 2.24) is 4.68 Å². The predicted molar refractivity (Wildman–Crippen MR) is 40.0 cm³/mol. The van der Waals surface area contributed by atoms with Crippen LogP contribution in [0.2, 0.25) is 0 Å². The van der Waals surface area contributed by atoms with Crippen LogP contribution in [-0.4, -0.2) is 4.68 Å². The minimum atomic E-state index is -0.280. The number of nitrogens with zero attached hydrogens (tertiary/aromatic N) is 1. The number of hydrogen-bond acceptors (Lipinski definition) is 3. The Morgan fingerprint density at radius 3 is 2.60 bits per heavy atom. The summed E-state index contributed by atoms with van der Waals surface area (Å²) in [5, 5.41) is 0. The molecule has 10 heavy (non-hydrogen) atoms. The fourth-order valence-electron chi connectivity index (χ4n) is 0.736. The Bertz CT molecular complexity index is 302. The molecule has 0 saturated heterocycles. The summed E-state index contributed by atoms with van der Waals surface area (Å²) in [6.07, 6.45) is 0. The number of nitrogens with two attached hydrogens (primary N) is 2. The van der Waals surface area contributed by atoms with E-state index in [1.165, 1.54) is 6.07 Å². The van der Waals surface area contributed by atoms with Crippen LogP contribution in [0.15, 0.2) is 16.9 Å². The molecule has 0 radical (unpaired) electrons. The van der Waals surface area contributed by atoms with Crippen LogP contribution in [0.1, 0.15) is 5.56 Å². The van der Waals surface area contributed by atoms with Crippen molar-refractivity contribution in [2.24, 2.45) is 0 Å². The SMILES string of the molecule is Cc1cc(N)n(N)c(=O)c1. The van der Waals surface area contributed by atoms with E-state index in [1.807, 2.05) is 0 Å². The maximum absolute atomic E-state index is 10.8. The lowest BCUT2D eigenvalue weighted by Crippen LogP contribution is -2.28. The van der Waals surface area contributed by atoms with Crippen LogP contribution in [0.5, 0.6) is 0 Å². The zero-order valence-corrected chi connectivity index (χ0v) is 5.66. The van der Waals surface area contributed by atoms with Crippen molar-refractivity contribution in [3.05, 3.63) is 28.0 Å². The van der Waals surface area contributed by atoms with Gasteiger partial charge in [-0.2, -0.15) is 0 Å². The van der Waals surface area contributed by atoms with Crippen molar-refractivity contribution in [2.45, 2.75) is 6.92 Å². The Labute approximate surface area is 58.0 Å². The lowest BCUT2D eigenvalue weighted by molar-refractivity contribution is 0.946. The third kappa shape index (κ3) is 0.953. The minimum Gasteiger partial charge on any atom is -0.384 e. The minimum absolute atomic E-state index is 0.280. The molecular weight excluding hydrogens is 130 g/mol. The normalized spacial score (nSPS) is 9.70. The molecule has 1 aromatic rings. The first-order chi connectivity index (χ1) is 4.61. The molecule has 0 atom stereocenters. The Morgan fingerprint density at radius 2 is 2.10 bits per heavy atom. The van der Waals surface area contributed by atoms with E-state index in [9.17, 15) is 4.79 Å². The summed E-state index contributed by atoms with van der Waals surface area (Å²) in [7, 11) is 0. The summed E-state index contributed by atoms with van der Waals surface area (Å²) in [6.45, 7) is 1.79. The molecule has 0 bridgehead atoms. The lowest BCUT2D eigenvalue weighted by atomic mass is 10.3. The standard InChI is InChI=1S/C6H9N3O/c1-4-2-5(7)9(8)6(10)3-4/h2-3H,7-8H2,1H3. The van der Waals surface area contributed by atoms with Gasteiger partial charge < -0.3 is 11.6 Å². The largest absolute Gasteiger partial charge is 0.384 e. The van der Waals surface area contributed by atoms with Gasteiger partial charge in [-0.1, -0.05) is 0 Å². The molecule has 0 aliphatic rings. The first-order valence-electron chi connectivity index (χ1n) is 2.85. The highest BCUT2D eigenvalue weighted by Gasteiger charge is 1.95. The third-order valence-corrected chi connectivity index (χ3v) is 1.24. The molecule has 1 aromatic heterocycles. The summed E-state index contributed by atoms with van der Waals surface area (Å²) in [5.74, 6) is 5.51. The molecule has 4 nitrogen and oxygen atoms in total. The van der Waals surface area contributed by atoms with Gasteiger partial charge in [0.2, 0.25) is 0 Å². The molecule has 0 aliphatic heterocycles. The quantitative estimate of drug-likeness (QED) is 0.474. The van der Waals surface area contributed by atoms with Gasteiger partial charge in [-0.25, -0.2) is 4.68 Å². The summed E-state index contributed by atoms with van der Waals surface area (Å²) >= 11 is 0. The summed E-state index contributed by atoms with van der Waals surface area (Å²) in [4.78, 5) is 10.8. The highest BCUT2D eigenvalue weighted by atomic mass is 16.1. The van der Waals surface area contributed by atoms with Crippen molar-refractivity contribution < 1.29 is 0 Å². The van der Waals surface area contributed by atoms with E-state index in [0.29, 0.717) is 0 Å². The number of hydrogen-bond donors (Lipinski definition) is 2. The number of rotatable bonds is 0. The maximum atomic E-state index is 10.8. The smallest absolute Gasteiger partial charge is 0.270 e. The van der Waals surface area contributed by atoms with Crippen molar-refractivity contribution in [3.63, 3.8) is 0 Å². The molecule has 0 fully saturated rings. The molecular formula is C6H9N3O. The molecule has 4 heteroatoms. The van der Waals surface area contributed by atoms with E-state index in [1.54, 1.807) is 13.0 Å². The summed E-state index contributed by atoms with van der Waals surface area (Å²) in [6, 6.07) is 3.07. The second kappa shape index (κ2) is 2.06. The van der Waals surface area contributed by atoms with E-state index < -0.39 is 0 Å². The Morgan fingerprint density at radius 1 is 1.50 bits per heavy atom. The van der Waals surface area contributed by atoms with Gasteiger partial charge in [0.1, 0.15) is 5.82 Å². The maximum Gasteiger partial charge on any atom is 0.270 e. The topological polar surface area (TPSA) is 74.0 Å². The second-order valence-electron chi connectivity index (χ2n) is 2.17. The lowest BCUT2D eigenvalue weighted by Gasteiger charge is -2.01. The fraction of sp³-hybridized carbons (Fsp3) is 0.167. The Kier molecular flexibility index (Phi) is 1.37. The number of aromatic nitrogens is 1. The van der Waals surface area contributed by atoms with Gasteiger partial charge in [0.25, 0.3) is 5.56 Å². The van der Waals surface area contributed by atoms with Crippen LogP contribution in [-0.2, 0) is 0 Å². The highest BCUT2D eigenvalue weighted by molar-refractivity contribution is 5.33. The predicted octanol–water partition coefficient (Wildman–Crippen LogP) is -0.547. The van der Waals surface area contributed by atoms with Gasteiger partial charge in [-0.05, 0) is 18.6 Å².